The van der Waals surface area contributed by atoms with E-state index in [2.05, 4.69) is 0 Å². The van der Waals surface area contributed by atoms with Crippen LogP contribution in [0.4, 0.5) is 11.4 Å². The van der Waals surface area contributed by atoms with Gasteiger partial charge in [0.05, 0.1) is 4.92 Å². The molecule has 0 aliphatic carbocycles. The monoisotopic (exact) mass is 308 g/mol. The molecule has 0 fully saturated rings. The maximum atomic E-state index is 10.8. The average Bonchev–Trinajstić information content (AvgIpc) is 2.42. The minimum Gasteiger partial charge on any atom is -0.393 e. The van der Waals surface area contributed by atoms with Crippen molar-refractivity contribution in [3.63, 3.8) is 0 Å². The third-order valence-corrected chi connectivity index (χ3v) is 4.24. The van der Waals surface area contributed by atoms with Crippen LogP contribution in [0, 0.1) is 10.1 Å². The molecule has 2 N–H and O–H groups in total. The van der Waals surface area contributed by atoms with Crippen molar-refractivity contribution in [3.05, 3.63) is 68.7 Å². The molecule has 0 radical (unpaired) electrons. The standard InChI is InChI=1S/C14H13ClN2O2S/c15-12-6-2-1-4-10(12)8-20-9-11-5-3-7-13(14(11)16)17(18)19/h1-7H,8-9,16H2. The van der Waals surface area contributed by atoms with Crippen LogP contribution in [0.3, 0.4) is 0 Å². The summed E-state index contributed by atoms with van der Waals surface area (Å²) in [7, 11) is 0. The highest BCUT2D eigenvalue weighted by Crippen LogP contribution is 2.29. The Labute approximate surface area is 126 Å². The number of hydrogen-bond donors (Lipinski definition) is 1. The zero-order valence-electron chi connectivity index (χ0n) is 10.6. The number of hydrogen-bond acceptors (Lipinski definition) is 4. The van der Waals surface area contributed by atoms with Gasteiger partial charge in [-0.15, -0.1) is 0 Å². The van der Waals surface area contributed by atoms with Gasteiger partial charge in [-0.2, -0.15) is 11.8 Å². The summed E-state index contributed by atoms with van der Waals surface area (Å²) in [5, 5.41) is 11.5. The number of nitro benzene ring substituents is 1. The molecular formula is C14H13ClN2O2S. The molecule has 2 aromatic carbocycles. The summed E-state index contributed by atoms with van der Waals surface area (Å²) in [6, 6.07) is 12.5. The molecular weight excluding hydrogens is 296 g/mol. The predicted molar refractivity (Wildman–Crippen MR) is 84.0 cm³/mol. The summed E-state index contributed by atoms with van der Waals surface area (Å²) in [4.78, 5) is 10.4. The molecule has 0 saturated heterocycles. The molecule has 0 saturated carbocycles. The fourth-order valence-electron chi connectivity index (χ4n) is 1.77. The highest BCUT2D eigenvalue weighted by atomic mass is 35.5. The van der Waals surface area contributed by atoms with Crippen LogP contribution in [0.15, 0.2) is 42.5 Å². The largest absolute Gasteiger partial charge is 0.393 e. The first-order valence-corrected chi connectivity index (χ1v) is 7.45. The predicted octanol–water partition coefficient (Wildman–Crippen LogP) is 4.26. The number of benzene rings is 2. The maximum absolute atomic E-state index is 10.8. The van der Waals surface area contributed by atoms with Gasteiger partial charge in [-0.1, -0.05) is 41.9 Å². The van der Waals surface area contributed by atoms with Gasteiger partial charge in [-0.25, -0.2) is 0 Å². The second-order valence-corrected chi connectivity index (χ2v) is 5.58. The van der Waals surface area contributed by atoms with Crippen molar-refractivity contribution in [3.8, 4) is 0 Å². The Bertz CT molecular complexity index is 634. The van der Waals surface area contributed by atoms with Gasteiger partial charge in [0.15, 0.2) is 0 Å². The summed E-state index contributed by atoms with van der Waals surface area (Å²) >= 11 is 7.70. The number of rotatable bonds is 5. The van der Waals surface area contributed by atoms with Crippen molar-refractivity contribution in [1.82, 2.24) is 0 Å². The molecule has 6 heteroatoms. The first-order chi connectivity index (χ1) is 9.59. The number of thioether (sulfide) groups is 1. The number of nitrogens with two attached hydrogens (primary N) is 1. The van der Waals surface area contributed by atoms with Crippen molar-refractivity contribution in [2.45, 2.75) is 11.5 Å². The second-order valence-electron chi connectivity index (χ2n) is 4.19. The minimum absolute atomic E-state index is 0.0409. The van der Waals surface area contributed by atoms with Crippen molar-refractivity contribution in [1.29, 1.82) is 0 Å². The lowest BCUT2D eigenvalue weighted by Crippen LogP contribution is -1.99. The zero-order chi connectivity index (χ0) is 14.5. The van der Waals surface area contributed by atoms with Crippen LogP contribution < -0.4 is 5.73 Å². The van der Waals surface area contributed by atoms with E-state index >= 15 is 0 Å². The Hall–Kier alpha value is -1.72. The smallest absolute Gasteiger partial charge is 0.292 e. The first kappa shape index (κ1) is 14.7. The third kappa shape index (κ3) is 3.43. The molecule has 0 atom stereocenters. The van der Waals surface area contributed by atoms with Crippen LogP contribution in [0.5, 0.6) is 0 Å². The van der Waals surface area contributed by atoms with Crippen molar-refractivity contribution in [2.24, 2.45) is 0 Å². The summed E-state index contributed by atoms with van der Waals surface area (Å²) in [5.41, 5.74) is 7.83. The lowest BCUT2D eigenvalue weighted by molar-refractivity contribution is -0.383. The molecule has 0 aliphatic heterocycles. The minimum atomic E-state index is -0.461. The fraction of sp³-hybridized carbons (Fsp3) is 0.143. The molecule has 0 aromatic heterocycles. The van der Waals surface area contributed by atoms with Crippen molar-refractivity contribution >= 4 is 34.7 Å². The molecule has 0 bridgehead atoms. The lowest BCUT2D eigenvalue weighted by Gasteiger charge is -2.07. The van der Waals surface area contributed by atoms with E-state index in [1.807, 2.05) is 30.3 Å². The highest BCUT2D eigenvalue weighted by molar-refractivity contribution is 7.97. The molecule has 0 unspecified atom stereocenters. The van der Waals surface area contributed by atoms with Gasteiger partial charge >= 0.3 is 0 Å². The van der Waals surface area contributed by atoms with E-state index in [-0.39, 0.29) is 11.4 Å². The molecule has 20 heavy (non-hydrogen) atoms. The molecule has 0 amide bonds. The molecule has 2 aromatic rings. The molecule has 0 aliphatic rings. The van der Waals surface area contributed by atoms with Gasteiger partial charge < -0.3 is 5.73 Å². The van der Waals surface area contributed by atoms with E-state index in [9.17, 15) is 10.1 Å². The van der Waals surface area contributed by atoms with E-state index in [0.29, 0.717) is 5.75 Å². The fourth-order valence-corrected chi connectivity index (χ4v) is 3.10. The van der Waals surface area contributed by atoms with E-state index in [4.69, 9.17) is 17.3 Å². The van der Waals surface area contributed by atoms with E-state index in [1.54, 1.807) is 17.8 Å². The average molecular weight is 309 g/mol. The maximum Gasteiger partial charge on any atom is 0.292 e. The van der Waals surface area contributed by atoms with Crippen LogP contribution in [0.25, 0.3) is 0 Å². The van der Waals surface area contributed by atoms with Crippen molar-refractivity contribution < 1.29 is 4.92 Å². The molecule has 4 nitrogen and oxygen atoms in total. The Morgan fingerprint density at radius 1 is 1.10 bits per heavy atom. The zero-order valence-corrected chi connectivity index (χ0v) is 12.2. The lowest BCUT2D eigenvalue weighted by atomic mass is 10.2. The Kier molecular flexibility index (Phi) is 4.87. The Morgan fingerprint density at radius 3 is 2.45 bits per heavy atom. The Morgan fingerprint density at radius 2 is 1.75 bits per heavy atom. The first-order valence-electron chi connectivity index (χ1n) is 5.92. The number of nitro groups is 1. The molecule has 2 rings (SSSR count). The van der Waals surface area contributed by atoms with Crippen LogP contribution in [-0.2, 0) is 11.5 Å². The molecule has 0 spiro atoms. The van der Waals surface area contributed by atoms with Gasteiger partial charge in [-0.05, 0) is 17.2 Å². The van der Waals surface area contributed by atoms with Gasteiger partial charge in [0.25, 0.3) is 5.69 Å². The number of anilines is 1. The van der Waals surface area contributed by atoms with E-state index in [1.165, 1.54) is 6.07 Å². The quantitative estimate of drug-likeness (QED) is 0.509. The number of halogens is 1. The van der Waals surface area contributed by atoms with Crippen LogP contribution in [0.2, 0.25) is 5.02 Å². The molecule has 0 heterocycles. The summed E-state index contributed by atoms with van der Waals surface area (Å²) in [6.45, 7) is 0. The number of nitrogen functional groups attached to an aromatic ring is 1. The topological polar surface area (TPSA) is 69.2 Å². The normalized spacial score (nSPS) is 10.4. The summed E-state index contributed by atoms with van der Waals surface area (Å²) < 4.78 is 0. The van der Waals surface area contributed by atoms with Gasteiger partial charge in [-0.3, -0.25) is 10.1 Å². The van der Waals surface area contributed by atoms with Crippen LogP contribution in [-0.4, -0.2) is 4.92 Å². The number of nitrogens with zero attached hydrogens (tertiary/aromatic N) is 1. The third-order valence-electron chi connectivity index (χ3n) is 2.84. The number of para-hydroxylation sites is 1. The van der Waals surface area contributed by atoms with Crippen LogP contribution >= 0.6 is 23.4 Å². The molecule has 104 valence electrons. The van der Waals surface area contributed by atoms with E-state index < -0.39 is 4.92 Å². The van der Waals surface area contributed by atoms with Gasteiger partial charge in [0.2, 0.25) is 0 Å². The SMILES string of the molecule is Nc1c(CSCc2ccccc2Cl)cccc1[N+](=O)[O-]. The van der Waals surface area contributed by atoms with E-state index in [0.717, 1.165) is 21.9 Å². The van der Waals surface area contributed by atoms with Crippen molar-refractivity contribution in [2.75, 3.05) is 5.73 Å². The van der Waals surface area contributed by atoms with Gasteiger partial charge in [0.1, 0.15) is 5.69 Å². The Balaban J connectivity index is 2.03. The van der Waals surface area contributed by atoms with Gasteiger partial charge in [0, 0.05) is 22.6 Å². The van der Waals surface area contributed by atoms with Crippen LogP contribution in [0.1, 0.15) is 11.1 Å². The summed E-state index contributed by atoms with van der Waals surface area (Å²) in [6.07, 6.45) is 0. The highest BCUT2D eigenvalue weighted by Gasteiger charge is 2.14. The summed E-state index contributed by atoms with van der Waals surface area (Å²) in [5.74, 6) is 1.35. The second kappa shape index (κ2) is 6.63.